The topological polar surface area (TPSA) is 82.3 Å². The molecule has 27 heavy (non-hydrogen) atoms. The number of aromatic nitrogens is 1. The molecule has 0 aliphatic carbocycles. The first-order valence-electron chi connectivity index (χ1n) is 8.12. The van der Waals surface area contributed by atoms with E-state index >= 15 is 0 Å². The Labute approximate surface area is 159 Å². The van der Waals surface area contributed by atoms with Gasteiger partial charge in [0.05, 0.1) is 10.6 Å². The Balaban J connectivity index is 1.57. The molecule has 6 nitrogen and oxygen atoms in total. The first-order valence-corrected chi connectivity index (χ1v) is 9.00. The Hall–Kier alpha value is -3.32. The van der Waals surface area contributed by atoms with E-state index in [-0.39, 0.29) is 12.3 Å². The molecule has 0 atom stereocenters. The van der Waals surface area contributed by atoms with Crippen LogP contribution in [0.2, 0.25) is 0 Å². The number of ether oxygens (including phenoxy) is 1. The van der Waals surface area contributed by atoms with Gasteiger partial charge in [0.2, 0.25) is 0 Å². The van der Waals surface area contributed by atoms with E-state index in [0.717, 1.165) is 10.6 Å². The van der Waals surface area contributed by atoms with Gasteiger partial charge in [0.15, 0.2) is 0 Å². The van der Waals surface area contributed by atoms with E-state index in [1.165, 1.54) is 41.2 Å². The summed E-state index contributed by atoms with van der Waals surface area (Å²) in [5, 5.41) is 13.5. The van der Waals surface area contributed by atoms with Crippen LogP contribution in [-0.4, -0.2) is 15.9 Å². The van der Waals surface area contributed by atoms with Crippen LogP contribution < -0.4 is 0 Å². The number of hydrogen-bond acceptors (Lipinski definition) is 6. The fraction of sp³-hybridized carbons (Fsp3) is 0.100. The number of esters is 1. The lowest BCUT2D eigenvalue weighted by molar-refractivity contribution is -0.384. The number of benzene rings is 2. The highest BCUT2D eigenvalue weighted by atomic mass is 32.1. The molecule has 1 heterocycles. The van der Waals surface area contributed by atoms with Crippen molar-refractivity contribution in [2.45, 2.75) is 13.5 Å². The van der Waals surface area contributed by atoms with Crippen molar-refractivity contribution in [2.24, 2.45) is 0 Å². The highest BCUT2D eigenvalue weighted by Gasteiger charge is 2.07. The molecular formula is C20H16N2O4S. The molecule has 0 bridgehead atoms. The number of nitrogens with zero attached hydrogens (tertiary/aromatic N) is 2. The van der Waals surface area contributed by atoms with Crippen LogP contribution in [0.15, 0.2) is 60.0 Å². The van der Waals surface area contributed by atoms with Crippen LogP contribution in [-0.2, 0) is 16.1 Å². The van der Waals surface area contributed by atoms with Crippen LogP contribution in [0.25, 0.3) is 16.6 Å². The Morgan fingerprint density at radius 3 is 2.78 bits per heavy atom. The number of non-ortho nitro benzene ring substituents is 1. The number of thiazole rings is 1. The predicted octanol–water partition coefficient (Wildman–Crippen LogP) is 4.78. The highest BCUT2D eigenvalue weighted by molar-refractivity contribution is 7.13. The highest BCUT2D eigenvalue weighted by Crippen LogP contribution is 2.24. The van der Waals surface area contributed by atoms with Crippen LogP contribution >= 0.6 is 11.3 Å². The van der Waals surface area contributed by atoms with Gasteiger partial charge in [-0.2, -0.15) is 0 Å². The third kappa shape index (κ3) is 5.08. The van der Waals surface area contributed by atoms with Crippen LogP contribution in [0, 0.1) is 17.0 Å². The molecule has 0 amide bonds. The van der Waals surface area contributed by atoms with E-state index in [9.17, 15) is 14.9 Å². The molecule has 0 aliphatic heterocycles. The first kappa shape index (κ1) is 18.5. The van der Waals surface area contributed by atoms with E-state index in [4.69, 9.17) is 4.74 Å². The summed E-state index contributed by atoms with van der Waals surface area (Å²) in [5.41, 5.74) is 3.40. The fourth-order valence-corrected chi connectivity index (χ4v) is 3.11. The second kappa shape index (κ2) is 8.37. The molecule has 0 fully saturated rings. The summed E-state index contributed by atoms with van der Waals surface area (Å²) in [6, 6.07) is 14.1. The molecule has 0 radical (unpaired) electrons. The molecule has 0 saturated heterocycles. The zero-order chi connectivity index (χ0) is 19.2. The Kier molecular flexibility index (Phi) is 5.73. The quantitative estimate of drug-likeness (QED) is 0.266. The molecule has 0 saturated carbocycles. The molecule has 0 N–H and O–H groups in total. The van der Waals surface area contributed by atoms with E-state index in [1.54, 1.807) is 12.1 Å². The van der Waals surface area contributed by atoms with E-state index in [2.05, 4.69) is 4.98 Å². The second-order valence-electron chi connectivity index (χ2n) is 5.80. The Morgan fingerprint density at radius 1 is 1.26 bits per heavy atom. The largest absolute Gasteiger partial charge is 0.456 e. The van der Waals surface area contributed by atoms with Crippen molar-refractivity contribution in [3.63, 3.8) is 0 Å². The maximum Gasteiger partial charge on any atom is 0.331 e. The van der Waals surface area contributed by atoms with Crippen LogP contribution in [0.4, 0.5) is 5.69 Å². The monoisotopic (exact) mass is 380 g/mol. The molecule has 0 unspecified atom stereocenters. The smallest absolute Gasteiger partial charge is 0.331 e. The lowest BCUT2D eigenvalue weighted by atomic mass is 10.2. The lowest BCUT2D eigenvalue weighted by Crippen LogP contribution is -2.01. The molecule has 0 aliphatic rings. The summed E-state index contributed by atoms with van der Waals surface area (Å²) in [4.78, 5) is 26.6. The van der Waals surface area contributed by atoms with Crippen LogP contribution in [0.5, 0.6) is 0 Å². The minimum absolute atomic E-state index is 0.0309. The SMILES string of the molecule is Cc1ccc(-c2nc(COC(=O)/C=C/c3cccc([N+](=O)[O-])c3)cs2)cc1. The van der Waals surface area contributed by atoms with Gasteiger partial charge in [-0.15, -0.1) is 11.3 Å². The van der Waals surface area contributed by atoms with Gasteiger partial charge < -0.3 is 4.74 Å². The first-order chi connectivity index (χ1) is 13.0. The van der Waals surface area contributed by atoms with Crippen molar-refractivity contribution in [1.29, 1.82) is 0 Å². The van der Waals surface area contributed by atoms with E-state index in [1.807, 2.05) is 36.6 Å². The molecule has 1 aromatic heterocycles. The normalized spacial score (nSPS) is 10.9. The molecule has 3 aromatic rings. The van der Waals surface area contributed by atoms with Gasteiger partial charge in [-0.05, 0) is 18.6 Å². The van der Waals surface area contributed by atoms with E-state index < -0.39 is 10.9 Å². The second-order valence-corrected chi connectivity index (χ2v) is 6.66. The number of nitro benzene ring substituents is 1. The molecule has 2 aromatic carbocycles. The summed E-state index contributed by atoms with van der Waals surface area (Å²) < 4.78 is 5.18. The number of hydrogen-bond donors (Lipinski definition) is 0. The van der Waals surface area contributed by atoms with Crippen LogP contribution in [0.1, 0.15) is 16.8 Å². The summed E-state index contributed by atoms with van der Waals surface area (Å²) >= 11 is 1.49. The molecule has 7 heteroatoms. The van der Waals surface area contributed by atoms with Crippen molar-refractivity contribution in [3.8, 4) is 10.6 Å². The summed E-state index contributed by atoms with van der Waals surface area (Å²) in [6.07, 6.45) is 2.72. The zero-order valence-electron chi connectivity index (χ0n) is 14.5. The van der Waals surface area contributed by atoms with Crippen molar-refractivity contribution >= 4 is 29.1 Å². The zero-order valence-corrected chi connectivity index (χ0v) is 15.3. The maximum atomic E-state index is 11.9. The Bertz CT molecular complexity index is 993. The van der Waals surface area contributed by atoms with Crippen molar-refractivity contribution in [2.75, 3.05) is 0 Å². The standard InChI is InChI=1S/C20H16N2O4S/c1-14-5-8-16(9-6-14)20-21-17(13-27-20)12-26-19(23)10-7-15-3-2-4-18(11-15)22(24)25/h2-11,13H,12H2,1H3/b10-7+. The van der Waals surface area contributed by atoms with Gasteiger partial charge in [-0.25, -0.2) is 9.78 Å². The van der Waals surface area contributed by atoms with Gasteiger partial charge in [0.1, 0.15) is 11.6 Å². The average molecular weight is 380 g/mol. The third-order valence-electron chi connectivity index (χ3n) is 3.71. The van der Waals surface area contributed by atoms with Gasteiger partial charge in [-0.3, -0.25) is 10.1 Å². The maximum absolute atomic E-state index is 11.9. The minimum atomic E-state index is -0.536. The van der Waals surface area contributed by atoms with Crippen molar-refractivity contribution in [1.82, 2.24) is 4.98 Å². The summed E-state index contributed by atoms with van der Waals surface area (Å²) in [7, 11) is 0. The third-order valence-corrected chi connectivity index (χ3v) is 4.65. The van der Waals surface area contributed by atoms with Crippen molar-refractivity contribution < 1.29 is 14.5 Å². The fourth-order valence-electron chi connectivity index (χ4n) is 2.30. The van der Waals surface area contributed by atoms with Crippen molar-refractivity contribution in [3.05, 3.63) is 86.9 Å². The minimum Gasteiger partial charge on any atom is -0.456 e. The molecule has 136 valence electrons. The van der Waals surface area contributed by atoms with E-state index in [0.29, 0.717) is 11.3 Å². The van der Waals surface area contributed by atoms with Crippen LogP contribution in [0.3, 0.4) is 0 Å². The molecular weight excluding hydrogens is 364 g/mol. The number of rotatable bonds is 6. The number of aryl methyl sites for hydroxylation is 1. The predicted molar refractivity (Wildman–Crippen MR) is 104 cm³/mol. The average Bonchev–Trinajstić information content (AvgIpc) is 3.14. The summed E-state index contributed by atoms with van der Waals surface area (Å²) in [5.74, 6) is -0.536. The molecule has 0 spiro atoms. The lowest BCUT2D eigenvalue weighted by Gasteiger charge is -1.99. The number of nitro groups is 1. The summed E-state index contributed by atoms with van der Waals surface area (Å²) in [6.45, 7) is 2.10. The van der Waals surface area contributed by atoms with Gasteiger partial charge in [0, 0.05) is 29.2 Å². The van der Waals surface area contributed by atoms with Gasteiger partial charge in [-0.1, -0.05) is 42.0 Å². The Morgan fingerprint density at radius 2 is 2.04 bits per heavy atom. The number of carbonyl (C=O) groups is 1. The molecule has 3 rings (SSSR count). The number of carbonyl (C=O) groups excluding carboxylic acids is 1. The van der Waals surface area contributed by atoms with Gasteiger partial charge >= 0.3 is 5.97 Å². The van der Waals surface area contributed by atoms with Gasteiger partial charge in [0.25, 0.3) is 5.69 Å².